The SMILES string of the molecule is CC(C)[C@@](C)(C#N)NC(=O)COC(=O)c1ccc(CSc2nc3ccccc3s2)cc1. The number of hydrogen-bond donors (Lipinski definition) is 1. The molecule has 1 aromatic heterocycles. The van der Waals surface area contributed by atoms with Crippen LogP contribution in [-0.2, 0) is 15.3 Å². The number of thiazole rings is 1. The predicted molar refractivity (Wildman–Crippen MR) is 123 cm³/mol. The van der Waals surface area contributed by atoms with E-state index in [-0.39, 0.29) is 5.92 Å². The molecule has 0 spiro atoms. The fourth-order valence-electron chi connectivity index (χ4n) is 2.64. The summed E-state index contributed by atoms with van der Waals surface area (Å²) in [6.07, 6.45) is 0. The summed E-state index contributed by atoms with van der Waals surface area (Å²) >= 11 is 3.31. The zero-order valence-electron chi connectivity index (χ0n) is 17.5. The second-order valence-electron chi connectivity index (χ2n) is 7.53. The van der Waals surface area contributed by atoms with Gasteiger partial charge in [-0.2, -0.15) is 5.26 Å². The molecule has 0 radical (unpaired) electrons. The van der Waals surface area contributed by atoms with Gasteiger partial charge in [0.15, 0.2) is 10.9 Å². The van der Waals surface area contributed by atoms with Crippen molar-refractivity contribution in [2.75, 3.05) is 6.61 Å². The minimum absolute atomic E-state index is 0.0784. The molecular weight excluding hydrogens is 430 g/mol. The molecule has 3 rings (SSSR count). The first-order valence-corrected chi connectivity index (χ1v) is 11.6. The van der Waals surface area contributed by atoms with Gasteiger partial charge in [0, 0.05) is 5.75 Å². The summed E-state index contributed by atoms with van der Waals surface area (Å²) < 4.78 is 7.25. The molecule has 0 unspecified atom stereocenters. The van der Waals surface area contributed by atoms with Gasteiger partial charge in [-0.1, -0.05) is 49.9 Å². The number of nitriles is 1. The van der Waals surface area contributed by atoms with Crippen LogP contribution in [0.4, 0.5) is 0 Å². The second kappa shape index (κ2) is 9.94. The van der Waals surface area contributed by atoms with Crippen molar-refractivity contribution >= 4 is 45.2 Å². The number of para-hydroxylation sites is 1. The smallest absolute Gasteiger partial charge is 0.338 e. The number of fused-ring (bicyclic) bond motifs is 1. The Bertz CT molecular complexity index is 1090. The lowest BCUT2D eigenvalue weighted by molar-refractivity contribution is -0.125. The minimum Gasteiger partial charge on any atom is -0.452 e. The lowest BCUT2D eigenvalue weighted by Crippen LogP contribution is -2.50. The zero-order chi connectivity index (χ0) is 22.4. The molecule has 1 heterocycles. The molecule has 0 bridgehead atoms. The number of aromatic nitrogens is 1. The Kier molecular flexibility index (Phi) is 7.31. The number of amides is 1. The van der Waals surface area contributed by atoms with Crippen LogP contribution in [-0.4, -0.2) is 29.0 Å². The summed E-state index contributed by atoms with van der Waals surface area (Å²) in [5.74, 6) is -0.427. The van der Waals surface area contributed by atoms with E-state index in [1.54, 1.807) is 42.2 Å². The normalized spacial score (nSPS) is 12.9. The molecule has 6 nitrogen and oxygen atoms in total. The predicted octanol–water partition coefficient (Wildman–Crippen LogP) is 4.80. The first-order valence-electron chi connectivity index (χ1n) is 9.77. The van der Waals surface area contributed by atoms with Crippen molar-refractivity contribution < 1.29 is 14.3 Å². The third-order valence-corrected chi connectivity index (χ3v) is 7.20. The molecule has 1 amide bonds. The Balaban J connectivity index is 1.50. The van der Waals surface area contributed by atoms with E-state index in [2.05, 4.69) is 22.4 Å². The van der Waals surface area contributed by atoms with Crippen LogP contribution in [0.1, 0.15) is 36.7 Å². The molecule has 8 heteroatoms. The maximum atomic E-state index is 12.2. The van der Waals surface area contributed by atoms with Crippen molar-refractivity contribution in [3.8, 4) is 6.07 Å². The monoisotopic (exact) mass is 453 g/mol. The molecule has 0 saturated heterocycles. The average molecular weight is 454 g/mol. The van der Waals surface area contributed by atoms with E-state index in [1.165, 1.54) is 0 Å². The third-order valence-electron chi connectivity index (χ3n) is 4.95. The van der Waals surface area contributed by atoms with E-state index >= 15 is 0 Å². The Morgan fingerprint density at radius 2 is 1.94 bits per heavy atom. The largest absolute Gasteiger partial charge is 0.452 e. The zero-order valence-corrected chi connectivity index (χ0v) is 19.2. The van der Waals surface area contributed by atoms with Gasteiger partial charge >= 0.3 is 5.97 Å². The van der Waals surface area contributed by atoms with E-state index in [4.69, 9.17) is 4.74 Å². The van der Waals surface area contributed by atoms with Crippen molar-refractivity contribution in [1.82, 2.24) is 10.3 Å². The van der Waals surface area contributed by atoms with Crippen LogP contribution in [0.5, 0.6) is 0 Å². The van der Waals surface area contributed by atoms with E-state index in [1.807, 2.05) is 44.2 Å². The van der Waals surface area contributed by atoms with Crippen molar-refractivity contribution in [3.05, 3.63) is 59.7 Å². The van der Waals surface area contributed by atoms with E-state index in [0.717, 1.165) is 25.9 Å². The van der Waals surface area contributed by atoms with E-state index < -0.39 is 24.0 Å². The van der Waals surface area contributed by atoms with Gasteiger partial charge in [0.05, 0.1) is 21.8 Å². The summed E-state index contributed by atoms with van der Waals surface area (Å²) in [6, 6.07) is 17.2. The average Bonchev–Trinajstić information content (AvgIpc) is 3.19. The summed E-state index contributed by atoms with van der Waals surface area (Å²) in [4.78, 5) is 28.9. The highest BCUT2D eigenvalue weighted by Gasteiger charge is 2.30. The van der Waals surface area contributed by atoms with Gasteiger partial charge in [-0.05, 0) is 42.7 Å². The van der Waals surface area contributed by atoms with Crippen molar-refractivity contribution in [2.24, 2.45) is 5.92 Å². The molecule has 0 aliphatic carbocycles. The highest BCUT2D eigenvalue weighted by atomic mass is 32.2. The third kappa shape index (κ3) is 5.84. The van der Waals surface area contributed by atoms with Crippen LogP contribution in [0.15, 0.2) is 52.9 Å². The Labute approximate surface area is 189 Å². The number of nitrogens with zero attached hydrogens (tertiary/aromatic N) is 2. The highest BCUT2D eigenvalue weighted by Crippen LogP contribution is 2.31. The van der Waals surface area contributed by atoms with Crippen LogP contribution < -0.4 is 5.32 Å². The first kappa shape index (κ1) is 22.8. The van der Waals surface area contributed by atoms with Gasteiger partial charge < -0.3 is 10.1 Å². The van der Waals surface area contributed by atoms with Gasteiger partial charge in [-0.25, -0.2) is 9.78 Å². The number of hydrogen-bond acceptors (Lipinski definition) is 7. The first-order chi connectivity index (χ1) is 14.8. The second-order valence-corrected chi connectivity index (χ2v) is 9.78. The van der Waals surface area contributed by atoms with Crippen LogP contribution >= 0.6 is 23.1 Å². The maximum Gasteiger partial charge on any atom is 0.338 e. The van der Waals surface area contributed by atoms with Crippen LogP contribution in [0, 0.1) is 17.2 Å². The fraction of sp³-hybridized carbons (Fsp3) is 0.304. The number of esters is 1. The molecule has 0 fully saturated rings. The van der Waals surface area contributed by atoms with Crippen molar-refractivity contribution in [3.63, 3.8) is 0 Å². The Morgan fingerprint density at radius 3 is 2.58 bits per heavy atom. The standard InChI is InChI=1S/C23H23N3O3S2/c1-15(2)23(3,14-24)26-20(27)12-29-21(28)17-10-8-16(9-11-17)13-30-22-25-18-6-4-5-7-19(18)31-22/h4-11,15H,12-13H2,1-3H3,(H,26,27)/t23-/m1/s1. The number of carbonyl (C=O) groups excluding carboxylic acids is 2. The highest BCUT2D eigenvalue weighted by molar-refractivity contribution is 8.00. The van der Waals surface area contributed by atoms with Gasteiger partial charge in [0.1, 0.15) is 5.54 Å². The van der Waals surface area contributed by atoms with Crippen LogP contribution in [0.2, 0.25) is 0 Å². The van der Waals surface area contributed by atoms with Gasteiger partial charge in [0.25, 0.3) is 5.91 Å². The lowest BCUT2D eigenvalue weighted by atomic mass is 9.90. The number of rotatable bonds is 8. The fourth-order valence-corrected chi connectivity index (χ4v) is 4.66. The quantitative estimate of drug-likeness (QED) is 0.389. The van der Waals surface area contributed by atoms with Gasteiger partial charge in [0.2, 0.25) is 0 Å². The number of nitrogens with one attached hydrogen (secondary N) is 1. The Morgan fingerprint density at radius 1 is 1.23 bits per heavy atom. The van der Waals surface area contributed by atoms with Crippen LogP contribution in [0.25, 0.3) is 10.2 Å². The topological polar surface area (TPSA) is 92.1 Å². The summed E-state index contributed by atoms with van der Waals surface area (Å²) in [5, 5.41) is 11.9. The molecule has 0 aliphatic heterocycles. The number of benzene rings is 2. The molecule has 1 N–H and O–H groups in total. The van der Waals surface area contributed by atoms with Gasteiger partial charge in [-0.3, -0.25) is 4.79 Å². The number of thioether (sulfide) groups is 1. The molecule has 0 saturated carbocycles. The van der Waals surface area contributed by atoms with E-state index in [9.17, 15) is 14.9 Å². The number of ether oxygens (including phenoxy) is 1. The summed E-state index contributed by atoms with van der Waals surface area (Å²) in [6.45, 7) is 4.89. The molecule has 160 valence electrons. The van der Waals surface area contributed by atoms with Gasteiger partial charge in [-0.15, -0.1) is 11.3 Å². The molecule has 1 atom stereocenters. The van der Waals surface area contributed by atoms with Crippen molar-refractivity contribution in [1.29, 1.82) is 5.26 Å². The molecule has 2 aromatic carbocycles. The minimum atomic E-state index is -1.01. The maximum absolute atomic E-state index is 12.2. The van der Waals surface area contributed by atoms with Crippen LogP contribution in [0.3, 0.4) is 0 Å². The molecule has 31 heavy (non-hydrogen) atoms. The van der Waals surface area contributed by atoms with E-state index in [0.29, 0.717) is 5.56 Å². The molecular formula is C23H23N3O3S2. The Hall–Kier alpha value is -2.89. The molecule has 3 aromatic rings. The molecule has 0 aliphatic rings. The lowest BCUT2D eigenvalue weighted by Gasteiger charge is -2.27. The number of carbonyl (C=O) groups is 2. The summed E-state index contributed by atoms with van der Waals surface area (Å²) in [7, 11) is 0. The summed E-state index contributed by atoms with van der Waals surface area (Å²) in [5.41, 5.74) is 1.42. The van der Waals surface area contributed by atoms with Crippen molar-refractivity contribution in [2.45, 2.75) is 36.4 Å².